The average Bonchev–Trinajstić information content (AvgIpc) is 2.29. The summed E-state index contributed by atoms with van der Waals surface area (Å²) in [5.74, 6) is 0. The van der Waals surface area contributed by atoms with E-state index in [-0.39, 0.29) is 12.4 Å². The Morgan fingerprint density at radius 2 is 1.18 bits per heavy atom. The van der Waals surface area contributed by atoms with E-state index in [0.717, 1.165) is 17.6 Å². The van der Waals surface area contributed by atoms with E-state index >= 15 is 0 Å². The van der Waals surface area contributed by atoms with E-state index in [1.165, 1.54) is 51.4 Å². The molecule has 0 aliphatic carbocycles. The Labute approximate surface area is 114 Å². The van der Waals surface area contributed by atoms with Crippen molar-refractivity contribution in [1.29, 1.82) is 0 Å². The van der Waals surface area contributed by atoms with Crippen molar-refractivity contribution in [2.45, 2.75) is 65.2 Å². The normalized spacial score (nSPS) is 14.1. The first-order valence-electron chi connectivity index (χ1n) is 7.13. The number of aliphatic hydroxyl groups excluding tert-OH is 1. The topological polar surface area (TPSA) is 20.2 Å². The number of rotatable bonds is 11. The van der Waals surface area contributed by atoms with Gasteiger partial charge in [-0.3, -0.25) is 0 Å². The molecule has 0 amide bonds. The van der Waals surface area contributed by atoms with Gasteiger partial charge in [0.25, 0.3) is 0 Å². The molecule has 1 N–H and O–H groups in total. The molecule has 0 heterocycles. The lowest BCUT2D eigenvalue weighted by atomic mass is 10.1. The molecular weight excluding hydrogens is 234 g/mol. The number of quaternary nitrogens is 1. The molecule has 3 heteroatoms. The van der Waals surface area contributed by atoms with E-state index in [1.54, 1.807) is 0 Å². The molecule has 0 saturated heterocycles. The maximum absolute atomic E-state index is 9.46. The van der Waals surface area contributed by atoms with Crippen LogP contribution in [0.25, 0.3) is 0 Å². The third-order valence-electron chi connectivity index (χ3n) is 3.44. The highest BCUT2D eigenvalue weighted by molar-refractivity contribution is 4.44. The van der Waals surface area contributed by atoms with E-state index in [9.17, 15) is 5.11 Å². The first-order chi connectivity index (χ1) is 7.68. The molecule has 0 aromatic carbocycles. The molecule has 0 aliphatic rings. The van der Waals surface area contributed by atoms with Gasteiger partial charge in [-0.15, -0.1) is 0 Å². The van der Waals surface area contributed by atoms with Crippen LogP contribution in [-0.4, -0.2) is 36.5 Å². The zero-order valence-corrected chi connectivity index (χ0v) is 12.8. The van der Waals surface area contributed by atoms with E-state index in [2.05, 4.69) is 20.9 Å². The summed E-state index contributed by atoms with van der Waals surface area (Å²) < 4.78 is 0.853. The van der Waals surface area contributed by atoms with Gasteiger partial charge in [0.1, 0.15) is 0 Å². The molecule has 0 bridgehead atoms. The number of halogens is 1. The molecule has 0 saturated carbocycles. The van der Waals surface area contributed by atoms with Crippen LogP contribution in [0.5, 0.6) is 0 Å². The largest absolute Gasteiger partial charge is 1.00 e. The molecule has 0 spiro atoms. The van der Waals surface area contributed by atoms with Gasteiger partial charge in [-0.1, -0.05) is 39.5 Å². The lowest BCUT2D eigenvalue weighted by Crippen LogP contribution is -3.00. The second-order valence-electron chi connectivity index (χ2n) is 5.33. The Kier molecular flexibility index (Phi) is 14.6. The summed E-state index contributed by atoms with van der Waals surface area (Å²) in [6.45, 7) is 7.06. The monoisotopic (exact) mass is 265 g/mol. The summed E-state index contributed by atoms with van der Waals surface area (Å²) in [7, 11) is 2.19. The summed E-state index contributed by atoms with van der Waals surface area (Å²) in [4.78, 5) is 0. The van der Waals surface area contributed by atoms with Gasteiger partial charge in [-0.2, -0.15) is 0 Å². The fourth-order valence-corrected chi connectivity index (χ4v) is 2.09. The predicted octanol–water partition coefficient (Wildman–Crippen LogP) is 0.547. The molecule has 1 atom stereocenters. The minimum atomic E-state index is 0. The summed E-state index contributed by atoms with van der Waals surface area (Å²) >= 11 is 0. The molecule has 0 aromatic rings. The smallest absolute Gasteiger partial charge is 0.180 e. The lowest BCUT2D eigenvalue weighted by Gasteiger charge is -2.32. The van der Waals surface area contributed by atoms with Crippen molar-refractivity contribution < 1.29 is 22.0 Å². The Morgan fingerprint density at radius 1 is 0.765 bits per heavy atom. The van der Waals surface area contributed by atoms with E-state index < -0.39 is 0 Å². The SMILES string of the molecule is CCCCCCC[N+](C)(CO)CCCCC.[Cl-]. The molecule has 0 fully saturated rings. The number of aliphatic hydroxyl groups is 1. The third-order valence-corrected chi connectivity index (χ3v) is 3.44. The van der Waals surface area contributed by atoms with Gasteiger partial charge in [0.05, 0.1) is 20.1 Å². The van der Waals surface area contributed by atoms with E-state index in [4.69, 9.17) is 0 Å². The number of unbranched alkanes of at least 4 members (excludes halogenated alkanes) is 6. The molecular formula is C14H32ClNO. The van der Waals surface area contributed by atoms with Crippen molar-refractivity contribution in [1.82, 2.24) is 0 Å². The lowest BCUT2D eigenvalue weighted by molar-refractivity contribution is -0.927. The van der Waals surface area contributed by atoms with Crippen molar-refractivity contribution in [3.63, 3.8) is 0 Å². The summed E-state index contributed by atoms with van der Waals surface area (Å²) in [6, 6.07) is 0. The second-order valence-corrected chi connectivity index (χ2v) is 5.33. The molecule has 0 rings (SSSR count). The summed E-state index contributed by atoms with van der Waals surface area (Å²) in [6.07, 6.45) is 10.4. The average molecular weight is 266 g/mol. The summed E-state index contributed by atoms with van der Waals surface area (Å²) in [5.41, 5.74) is 0. The van der Waals surface area contributed by atoms with Gasteiger partial charge in [0, 0.05) is 0 Å². The molecule has 2 nitrogen and oxygen atoms in total. The number of hydrogen-bond acceptors (Lipinski definition) is 1. The van der Waals surface area contributed by atoms with Gasteiger partial charge in [-0.25, -0.2) is 0 Å². The van der Waals surface area contributed by atoms with Gasteiger partial charge in [-0.05, 0) is 25.7 Å². The summed E-state index contributed by atoms with van der Waals surface area (Å²) in [5, 5.41) is 9.46. The minimum Gasteiger partial charge on any atom is -1.00 e. The van der Waals surface area contributed by atoms with Crippen LogP contribution in [0.15, 0.2) is 0 Å². The highest BCUT2D eigenvalue weighted by atomic mass is 35.5. The second kappa shape index (κ2) is 12.7. The van der Waals surface area contributed by atoms with Gasteiger partial charge in [0.2, 0.25) is 0 Å². The van der Waals surface area contributed by atoms with Crippen LogP contribution in [-0.2, 0) is 0 Å². The fourth-order valence-electron chi connectivity index (χ4n) is 2.09. The minimum absolute atomic E-state index is 0. The maximum Gasteiger partial charge on any atom is 0.180 e. The third kappa shape index (κ3) is 11.1. The highest BCUT2D eigenvalue weighted by Crippen LogP contribution is 2.10. The van der Waals surface area contributed by atoms with E-state index in [1.807, 2.05) is 0 Å². The Bertz CT molecular complexity index is 155. The zero-order valence-electron chi connectivity index (χ0n) is 12.1. The van der Waals surface area contributed by atoms with Crippen LogP contribution >= 0.6 is 0 Å². The van der Waals surface area contributed by atoms with Crippen LogP contribution < -0.4 is 12.4 Å². The van der Waals surface area contributed by atoms with Crippen LogP contribution in [0.4, 0.5) is 0 Å². The van der Waals surface area contributed by atoms with Crippen molar-refractivity contribution in [2.75, 3.05) is 26.9 Å². The van der Waals surface area contributed by atoms with Gasteiger partial charge in [0.15, 0.2) is 6.73 Å². The molecule has 17 heavy (non-hydrogen) atoms. The first-order valence-corrected chi connectivity index (χ1v) is 7.13. The van der Waals surface area contributed by atoms with Crippen molar-refractivity contribution in [3.05, 3.63) is 0 Å². The number of hydrogen-bond donors (Lipinski definition) is 1. The van der Waals surface area contributed by atoms with Crippen molar-refractivity contribution >= 4 is 0 Å². The fraction of sp³-hybridized carbons (Fsp3) is 1.00. The molecule has 0 radical (unpaired) electrons. The predicted molar refractivity (Wildman–Crippen MR) is 71.3 cm³/mol. The van der Waals surface area contributed by atoms with Crippen LogP contribution in [0.2, 0.25) is 0 Å². The van der Waals surface area contributed by atoms with Crippen LogP contribution in [0.3, 0.4) is 0 Å². The molecule has 106 valence electrons. The quantitative estimate of drug-likeness (QED) is 0.329. The van der Waals surface area contributed by atoms with Crippen molar-refractivity contribution in [3.8, 4) is 0 Å². The maximum atomic E-state index is 9.46. The number of nitrogens with zero attached hydrogens (tertiary/aromatic N) is 1. The molecule has 0 aromatic heterocycles. The van der Waals surface area contributed by atoms with E-state index in [0.29, 0.717) is 6.73 Å². The van der Waals surface area contributed by atoms with Crippen LogP contribution in [0.1, 0.15) is 65.2 Å². The van der Waals surface area contributed by atoms with Gasteiger partial charge >= 0.3 is 0 Å². The highest BCUT2D eigenvalue weighted by Gasteiger charge is 2.18. The van der Waals surface area contributed by atoms with Gasteiger partial charge < -0.3 is 22.0 Å². The Hall–Kier alpha value is 0.210. The standard InChI is InChI=1S/C14H32NO.ClH/c1-4-6-8-9-11-13-15(3,14-16)12-10-7-5-2;/h16H,4-14H2,1-3H3;1H/q+1;/p-1. The van der Waals surface area contributed by atoms with Crippen LogP contribution in [0, 0.1) is 0 Å². The van der Waals surface area contributed by atoms with Crippen molar-refractivity contribution in [2.24, 2.45) is 0 Å². The Morgan fingerprint density at radius 3 is 1.65 bits per heavy atom. The first kappa shape index (κ1) is 19.5. The Balaban J connectivity index is 0. The molecule has 0 aliphatic heterocycles. The molecule has 1 unspecified atom stereocenters. The zero-order chi connectivity index (χ0) is 12.3.